The smallest absolute Gasteiger partial charge is 0.159 e. The minimum absolute atomic E-state index is 0.622. The number of aromatic nitrogens is 3. The van der Waals surface area contributed by atoms with Crippen LogP contribution >= 0.6 is 0 Å². The van der Waals surface area contributed by atoms with Crippen LogP contribution in [0.2, 0.25) is 0 Å². The first-order valence-electron chi connectivity index (χ1n) is 4.40. The molecule has 2 heterocycles. The van der Waals surface area contributed by atoms with Gasteiger partial charge in [0.1, 0.15) is 12.4 Å². The first kappa shape index (κ1) is 7.73. The summed E-state index contributed by atoms with van der Waals surface area (Å²) in [5.41, 5.74) is 0. The van der Waals surface area contributed by atoms with Crippen molar-refractivity contribution in [1.82, 2.24) is 14.8 Å². The minimum atomic E-state index is 0.622. The largest absolute Gasteiger partial charge is 0.372 e. The van der Waals surface area contributed by atoms with E-state index >= 15 is 0 Å². The van der Waals surface area contributed by atoms with E-state index in [9.17, 15) is 0 Å². The molecular formula is C8H13N3O. The first-order chi connectivity index (χ1) is 5.92. The molecular weight excluding hydrogens is 154 g/mol. The molecule has 0 bridgehead atoms. The van der Waals surface area contributed by atoms with Crippen LogP contribution in [-0.2, 0) is 24.3 Å². The summed E-state index contributed by atoms with van der Waals surface area (Å²) in [6, 6.07) is 0. The second-order valence-electron chi connectivity index (χ2n) is 2.99. The lowest BCUT2D eigenvalue weighted by Crippen LogP contribution is -2.18. The molecule has 0 radical (unpaired) electrons. The summed E-state index contributed by atoms with van der Waals surface area (Å²) < 4.78 is 7.44. The summed E-state index contributed by atoms with van der Waals surface area (Å²) >= 11 is 0. The molecule has 1 aliphatic rings. The Hall–Kier alpha value is -0.900. The van der Waals surface area contributed by atoms with Gasteiger partial charge < -0.3 is 9.30 Å². The van der Waals surface area contributed by atoms with Gasteiger partial charge in [0.05, 0.1) is 6.61 Å². The predicted molar refractivity (Wildman–Crippen MR) is 43.7 cm³/mol. The number of rotatable bonds is 2. The maximum Gasteiger partial charge on any atom is 0.159 e. The van der Waals surface area contributed by atoms with Crippen LogP contribution in [0.4, 0.5) is 0 Å². The lowest BCUT2D eigenvalue weighted by Gasteiger charge is -2.14. The van der Waals surface area contributed by atoms with E-state index in [2.05, 4.69) is 21.7 Å². The molecule has 66 valence electrons. The Bertz CT molecular complexity index is 269. The lowest BCUT2D eigenvalue weighted by atomic mass is 10.3. The molecule has 1 aromatic heterocycles. The zero-order chi connectivity index (χ0) is 8.39. The maximum atomic E-state index is 5.26. The van der Waals surface area contributed by atoms with Crippen molar-refractivity contribution in [2.45, 2.75) is 32.9 Å². The van der Waals surface area contributed by atoms with E-state index in [0.29, 0.717) is 6.61 Å². The molecule has 0 saturated heterocycles. The van der Waals surface area contributed by atoms with Crippen LogP contribution in [0.5, 0.6) is 0 Å². The molecule has 0 N–H and O–H groups in total. The average Bonchev–Trinajstić information content (AvgIpc) is 2.50. The third-order valence-corrected chi connectivity index (χ3v) is 2.07. The highest BCUT2D eigenvalue weighted by molar-refractivity contribution is 4.96. The van der Waals surface area contributed by atoms with Gasteiger partial charge in [0, 0.05) is 13.0 Å². The standard InChI is InChI=1S/C8H13N3O/c1-2-3-7-9-10-8-6-12-5-4-11(7)8/h2-6H2,1H3. The average molecular weight is 167 g/mol. The van der Waals surface area contributed by atoms with Gasteiger partial charge in [-0.3, -0.25) is 0 Å². The molecule has 12 heavy (non-hydrogen) atoms. The monoisotopic (exact) mass is 167 g/mol. The second kappa shape index (κ2) is 3.23. The third kappa shape index (κ3) is 1.22. The van der Waals surface area contributed by atoms with Crippen molar-refractivity contribution in [3.63, 3.8) is 0 Å². The number of fused-ring (bicyclic) bond motifs is 1. The molecule has 0 fully saturated rings. The van der Waals surface area contributed by atoms with E-state index in [1.807, 2.05) is 0 Å². The number of hydrogen-bond donors (Lipinski definition) is 0. The van der Waals surface area contributed by atoms with Crippen molar-refractivity contribution in [3.8, 4) is 0 Å². The van der Waals surface area contributed by atoms with Crippen molar-refractivity contribution >= 4 is 0 Å². The zero-order valence-corrected chi connectivity index (χ0v) is 7.29. The molecule has 1 aromatic rings. The van der Waals surface area contributed by atoms with Crippen molar-refractivity contribution in [2.75, 3.05) is 6.61 Å². The van der Waals surface area contributed by atoms with Gasteiger partial charge in [-0.1, -0.05) is 6.92 Å². The van der Waals surface area contributed by atoms with E-state index < -0.39 is 0 Å². The maximum absolute atomic E-state index is 5.26. The van der Waals surface area contributed by atoms with Crippen molar-refractivity contribution in [2.24, 2.45) is 0 Å². The number of ether oxygens (including phenoxy) is 1. The molecule has 0 amide bonds. The van der Waals surface area contributed by atoms with Crippen LogP contribution in [0, 0.1) is 0 Å². The highest BCUT2D eigenvalue weighted by atomic mass is 16.5. The molecule has 0 spiro atoms. The Balaban J connectivity index is 2.25. The van der Waals surface area contributed by atoms with E-state index in [1.165, 1.54) is 0 Å². The Morgan fingerprint density at radius 3 is 3.25 bits per heavy atom. The van der Waals surface area contributed by atoms with Crippen LogP contribution in [0.25, 0.3) is 0 Å². The molecule has 4 nitrogen and oxygen atoms in total. The number of hydrogen-bond acceptors (Lipinski definition) is 3. The molecule has 0 aromatic carbocycles. The van der Waals surface area contributed by atoms with Crippen LogP contribution in [0.15, 0.2) is 0 Å². The molecule has 0 atom stereocenters. The van der Waals surface area contributed by atoms with Crippen LogP contribution in [-0.4, -0.2) is 21.4 Å². The summed E-state index contributed by atoms with van der Waals surface area (Å²) in [6.07, 6.45) is 2.14. The number of nitrogens with zero attached hydrogens (tertiary/aromatic N) is 3. The van der Waals surface area contributed by atoms with Gasteiger partial charge in [-0.05, 0) is 6.42 Å². The van der Waals surface area contributed by atoms with Gasteiger partial charge in [0.2, 0.25) is 0 Å². The topological polar surface area (TPSA) is 39.9 Å². The number of aryl methyl sites for hydroxylation is 1. The highest BCUT2D eigenvalue weighted by Gasteiger charge is 2.14. The van der Waals surface area contributed by atoms with Gasteiger partial charge >= 0.3 is 0 Å². The third-order valence-electron chi connectivity index (χ3n) is 2.07. The summed E-state index contributed by atoms with van der Waals surface area (Å²) in [7, 11) is 0. The summed E-state index contributed by atoms with van der Waals surface area (Å²) in [5.74, 6) is 2.08. The molecule has 0 aliphatic carbocycles. The summed E-state index contributed by atoms with van der Waals surface area (Å²) in [6.45, 7) is 4.48. The van der Waals surface area contributed by atoms with E-state index in [0.717, 1.165) is 37.6 Å². The van der Waals surface area contributed by atoms with Gasteiger partial charge in [0.25, 0.3) is 0 Å². The molecule has 2 rings (SSSR count). The Kier molecular flexibility index (Phi) is 2.08. The summed E-state index contributed by atoms with van der Waals surface area (Å²) in [5, 5.41) is 8.18. The zero-order valence-electron chi connectivity index (χ0n) is 7.29. The predicted octanol–water partition coefficient (Wildman–Crippen LogP) is 0.761. The van der Waals surface area contributed by atoms with Crippen LogP contribution in [0.1, 0.15) is 25.0 Å². The molecule has 4 heteroatoms. The Morgan fingerprint density at radius 1 is 1.50 bits per heavy atom. The SMILES string of the molecule is CCCc1nnc2n1CCOC2. The Labute approximate surface area is 71.6 Å². The van der Waals surface area contributed by atoms with E-state index in [4.69, 9.17) is 4.74 Å². The fourth-order valence-electron chi connectivity index (χ4n) is 1.47. The molecule has 0 unspecified atom stereocenters. The van der Waals surface area contributed by atoms with Gasteiger partial charge in [-0.2, -0.15) is 0 Å². The molecule has 1 aliphatic heterocycles. The lowest BCUT2D eigenvalue weighted by molar-refractivity contribution is 0.0806. The van der Waals surface area contributed by atoms with Gasteiger partial charge in [0.15, 0.2) is 5.82 Å². The van der Waals surface area contributed by atoms with Crippen molar-refractivity contribution in [1.29, 1.82) is 0 Å². The second-order valence-corrected chi connectivity index (χ2v) is 2.99. The fourth-order valence-corrected chi connectivity index (χ4v) is 1.47. The van der Waals surface area contributed by atoms with E-state index in [-0.39, 0.29) is 0 Å². The van der Waals surface area contributed by atoms with Crippen molar-refractivity contribution in [3.05, 3.63) is 11.6 Å². The van der Waals surface area contributed by atoms with Crippen molar-refractivity contribution < 1.29 is 4.74 Å². The summed E-state index contributed by atoms with van der Waals surface area (Å²) in [4.78, 5) is 0. The van der Waals surface area contributed by atoms with E-state index in [1.54, 1.807) is 0 Å². The van der Waals surface area contributed by atoms with Gasteiger partial charge in [-0.25, -0.2) is 0 Å². The van der Waals surface area contributed by atoms with Crippen LogP contribution < -0.4 is 0 Å². The highest BCUT2D eigenvalue weighted by Crippen LogP contribution is 2.09. The fraction of sp³-hybridized carbons (Fsp3) is 0.750. The molecule has 0 saturated carbocycles. The first-order valence-corrected chi connectivity index (χ1v) is 4.40. The quantitative estimate of drug-likeness (QED) is 0.653. The minimum Gasteiger partial charge on any atom is -0.372 e. The van der Waals surface area contributed by atoms with Gasteiger partial charge in [-0.15, -0.1) is 10.2 Å². The Morgan fingerprint density at radius 2 is 2.42 bits per heavy atom. The van der Waals surface area contributed by atoms with Crippen LogP contribution in [0.3, 0.4) is 0 Å². The normalized spacial score (nSPS) is 16.1.